The van der Waals surface area contributed by atoms with Crippen molar-refractivity contribution in [1.82, 2.24) is 0 Å². The van der Waals surface area contributed by atoms with E-state index in [1.807, 2.05) is 6.07 Å². The van der Waals surface area contributed by atoms with Gasteiger partial charge in [-0.2, -0.15) is 0 Å². The van der Waals surface area contributed by atoms with E-state index in [1.54, 1.807) is 11.1 Å². The van der Waals surface area contributed by atoms with Gasteiger partial charge in [-0.1, -0.05) is 218 Å². The van der Waals surface area contributed by atoms with Crippen LogP contribution in [0.25, 0.3) is 50.1 Å². The predicted octanol–water partition coefficient (Wildman–Crippen LogP) is 17.7. The monoisotopic (exact) mass is 828 g/mol. The second-order valence-electron chi connectivity index (χ2n) is 18.2. The maximum atomic E-state index is 2.39. The molecule has 0 spiro atoms. The van der Waals surface area contributed by atoms with E-state index in [1.165, 1.54) is 102 Å². The third kappa shape index (κ3) is 9.58. The fourth-order valence-electron chi connectivity index (χ4n) is 9.75. The molecule has 8 aromatic carbocycles. The van der Waals surface area contributed by atoms with Crippen LogP contribution < -0.4 is 0 Å². The third-order valence-corrected chi connectivity index (χ3v) is 13.7. The standard InChI is InChI=1S/C45H44.C19H16/c1-30-11-5-6-12-39(30)42-17-9-15-40(32(42)3)36-21-19-34(20-22-36)29-31(2)35-23-25-37(26-24-35)41-16-10-18-43(33(41)4)45-14-8-7-13-44(45)38-27-28-38;1-15-10-12-17(13-11-15)19-9-5-8-18(14-19)16-6-3-2-4-7-16/h5-17,19-26,31,38,43H,18,27-29H2,1-4H3;2-14H,1H3. The van der Waals surface area contributed by atoms with Crippen molar-refractivity contribution >= 4 is 5.57 Å². The second kappa shape index (κ2) is 19.3. The molecule has 2 unspecified atom stereocenters. The fraction of sp³-hybridized carbons (Fsp3) is 0.188. The van der Waals surface area contributed by atoms with Gasteiger partial charge in [0, 0.05) is 5.92 Å². The van der Waals surface area contributed by atoms with Gasteiger partial charge in [0.05, 0.1) is 0 Å². The second-order valence-corrected chi connectivity index (χ2v) is 18.2. The van der Waals surface area contributed by atoms with E-state index in [-0.39, 0.29) is 0 Å². The number of hydrogen-bond donors (Lipinski definition) is 0. The molecule has 1 saturated carbocycles. The molecule has 2 aliphatic rings. The third-order valence-electron chi connectivity index (χ3n) is 13.7. The van der Waals surface area contributed by atoms with Gasteiger partial charge in [-0.3, -0.25) is 0 Å². The molecule has 0 bridgehead atoms. The van der Waals surface area contributed by atoms with Gasteiger partial charge >= 0.3 is 0 Å². The van der Waals surface area contributed by atoms with E-state index in [2.05, 4.69) is 235 Å². The van der Waals surface area contributed by atoms with E-state index in [0.29, 0.717) is 11.8 Å². The minimum Gasteiger partial charge on any atom is -0.0830 e. The Balaban J connectivity index is 0.000000227. The molecule has 0 heteroatoms. The lowest BCUT2D eigenvalue weighted by Crippen LogP contribution is -2.08. The Kier molecular flexibility index (Phi) is 12.8. The van der Waals surface area contributed by atoms with Crippen LogP contribution in [0.1, 0.15) is 95.4 Å². The molecule has 1 fully saturated rings. The minimum atomic E-state index is 0.450. The molecular weight excluding hydrogens is 769 g/mol. The van der Waals surface area contributed by atoms with Crippen LogP contribution in [0.2, 0.25) is 0 Å². The Bertz CT molecular complexity index is 2900. The predicted molar refractivity (Wildman–Crippen MR) is 275 cm³/mol. The first-order valence-corrected chi connectivity index (χ1v) is 23.3. The number of aryl methyl sites for hydroxylation is 2. The van der Waals surface area contributed by atoms with Crippen molar-refractivity contribution in [3.63, 3.8) is 0 Å². The van der Waals surface area contributed by atoms with Crippen molar-refractivity contribution in [2.24, 2.45) is 0 Å². The summed E-state index contributed by atoms with van der Waals surface area (Å²) in [6.07, 6.45) is 9.57. The Morgan fingerprint density at radius 2 is 1.03 bits per heavy atom. The van der Waals surface area contributed by atoms with Gasteiger partial charge in [0.2, 0.25) is 0 Å². The molecule has 0 nitrogen and oxygen atoms in total. The lowest BCUT2D eigenvalue weighted by atomic mass is 9.78. The van der Waals surface area contributed by atoms with Crippen molar-refractivity contribution in [1.29, 1.82) is 0 Å². The molecule has 2 aliphatic carbocycles. The molecule has 316 valence electrons. The van der Waals surface area contributed by atoms with E-state index < -0.39 is 0 Å². The topological polar surface area (TPSA) is 0 Å². The zero-order valence-corrected chi connectivity index (χ0v) is 38.2. The molecule has 2 atom stereocenters. The van der Waals surface area contributed by atoms with Gasteiger partial charge in [-0.05, 0) is 160 Å². The van der Waals surface area contributed by atoms with Crippen LogP contribution in [0.15, 0.2) is 212 Å². The normalized spacial score (nSPS) is 15.0. The van der Waals surface area contributed by atoms with Crippen LogP contribution in [-0.2, 0) is 6.42 Å². The van der Waals surface area contributed by atoms with E-state index in [9.17, 15) is 0 Å². The van der Waals surface area contributed by atoms with Crippen molar-refractivity contribution in [3.05, 3.63) is 256 Å². The van der Waals surface area contributed by atoms with Crippen LogP contribution in [0, 0.1) is 20.8 Å². The van der Waals surface area contributed by atoms with Crippen molar-refractivity contribution in [2.75, 3.05) is 0 Å². The SMILES string of the molecule is CC1=C(c2ccc(C(C)Cc3ccc(-c4cccc(-c5ccccc5C)c4C)cc3)cc2)C=CCC1c1ccccc1C1CC1.Cc1ccc(-c2cccc(-c3ccccc3)c2)cc1. The first-order valence-electron chi connectivity index (χ1n) is 23.3. The van der Waals surface area contributed by atoms with Crippen molar-refractivity contribution in [3.8, 4) is 44.5 Å². The van der Waals surface area contributed by atoms with Crippen LogP contribution in [0.3, 0.4) is 0 Å². The van der Waals surface area contributed by atoms with Crippen molar-refractivity contribution in [2.45, 2.75) is 78.1 Å². The van der Waals surface area contributed by atoms with Gasteiger partial charge in [-0.25, -0.2) is 0 Å². The summed E-state index contributed by atoms with van der Waals surface area (Å²) < 4.78 is 0. The number of allylic oxidation sites excluding steroid dienone is 4. The molecule has 64 heavy (non-hydrogen) atoms. The first kappa shape index (κ1) is 42.5. The number of hydrogen-bond acceptors (Lipinski definition) is 0. The molecule has 0 heterocycles. The highest BCUT2D eigenvalue weighted by Crippen LogP contribution is 2.47. The highest BCUT2D eigenvalue weighted by Gasteiger charge is 2.29. The summed E-state index contributed by atoms with van der Waals surface area (Å²) in [5.41, 5.74) is 24.4. The molecule has 8 aromatic rings. The van der Waals surface area contributed by atoms with E-state index in [0.717, 1.165) is 18.8 Å². The quantitative estimate of drug-likeness (QED) is 0.129. The molecule has 0 radical (unpaired) electrons. The Morgan fingerprint density at radius 3 is 1.73 bits per heavy atom. The van der Waals surface area contributed by atoms with Crippen LogP contribution in [0.5, 0.6) is 0 Å². The Hall–Kier alpha value is -6.76. The van der Waals surface area contributed by atoms with Gasteiger partial charge in [0.15, 0.2) is 0 Å². The lowest BCUT2D eigenvalue weighted by molar-refractivity contribution is 0.759. The zero-order chi connectivity index (χ0) is 44.0. The van der Waals surface area contributed by atoms with Gasteiger partial charge in [0.1, 0.15) is 0 Å². The lowest BCUT2D eigenvalue weighted by Gasteiger charge is -2.26. The smallest absolute Gasteiger partial charge is 0.00920 e. The fourth-order valence-corrected chi connectivity index (χ4v) is 9.75. The van der Waals surface area contributed by atoms with Crippen molar-refractivity contribution < 1.29 is 0 Å². The molecule has 10 rings (SSSR count). The molecular formula is C64H60. The number of benzene rings is 8. The highest BCUT2D eigenvalue weighted by atomic mass is 14.3. The average molecular weight is 829 g/mol. The molecule has 0 N–H and O–H groups in total. The van der Waals surface area contributed by atoms with Crippen LogP contribution in [0.4, 0.5) is 0 Å². The maximum absolute atomic E-state index is 2.39. The zero-order valence-electron chi connectivity index (χ0n) is 38.2. The average Bonchev–Trinajstić information content (AvgIpc) is 4.19. The summed E-state index contributed by atoms with van der Waals surface area (Å²) in [6.45, 7) is 11.3. The highest BCUT2D eigenvalue weighted by molar-refractivity contribution is 5.81. The first-order chi connectivity index (χ1) is 31.3. The van der Waals surface area contributed by atoms with Gasteiger partial charge < -0.3 is 0 Å². The Morgan fingerprint density at radius 1 is 0.469 bits per heavy atom. The van der Waals surface area contributed by atoms with Crippen LogP contribution >= 0.6 is 0 Å². The number of rotatable bonds is 10. The summed E-state index contributed by atoms with van der Waals surface area (Å²) in [5.74, 6) is 1.71. The Labute approximate surface area is 382 Å². The molecule has 0 amide bonds. The van der Waals surface area contributed by atoms with Gasteiger partial charge in [-0.15, -0.1) is 0 Å². The summed E-state index contributed by atoms with van der Waals surface area (Å²) in [6, 6.07) is 71.1. The summed E-state index contributed by atoms with van der Waals surface area (Å²) in [5, 5.41) is 0. The van der Waals surface area contributed by atoms with E-state index in [4.69, 9.17) is 0 Å². The molecule has 0 aromatic heterocycles. The molecule has 0 saturated heterocycles. The maximum Gasteiger partial charge on any atom is 0.00920 e. The van der Waals surface area contributed by atoms with E-state index >= 15 is 0 Å². The van der Waals surface area contributed by atoms with Gasteiger partial charge in [0.25, 0.3) is 0 Å². The largest absolute Gasteiger partial charge is 0.0830 e. The minimum absolute atomic E-state index is 0.450. The van der Waals surface area contributed by atoms with Crippen LogP contribution in [-0.4, -0.2) is 0 Å². The summed E-state index contributed by atoms with van der Waals surface area (Å²) >= 11 is 0. The summed E-state index contributed by atoms with van der Waals surface area (Å²) in [4.78, 5) is 0. The molecule has 0 aliphatic heterocycles. The summed E-state index contributed by atoms with van der Waals surface area (Å²) in [7, 11) is 0.